The van der Waals surface area contributed by atoms with Crippen molar-refractivity contribution in [2.24, 2.45) is 11.8 Å². The molecular weight excluding hydrogens is 394 g/mol. The summed E-state index contributed by atoms with van der Waals surface area (Å²) in [4.78, 5) is 0. The standard InChI is InChI=1S/C22H28F6O/c1-2-3-4-5-16-6-8-17(9-7-16)10-11-18-12-14-19(15-13-18)29-22(27,28)20(23)21(24,25)26/h10-17,20H,2-9H2,1H3/b11-10+. The zero-order valence-electron chi connectivity index (χ0n) is 16.5. The van der Waals surface area contributed by atoms with E-state index in [0.29, 0.717) is 5.92 Å². The van der Waals surface area contributed by atoms with Crippen molar-refractivity contribution in [1.82, 2.24) is 0 Å². The quantitative estimate of drug-likeness (QED) is 0.290. The Bertz CT molecular complexity index is 630. The summed E-state index contributed by atoms with van der Waals surface area (Å²) in [7, 11) is 0. The van der Waals surface area contributed by atoms with Gasteiger partial charge in [0, 0.05) is 0 Å². The van der Waals surface area contributed by atoms with Gasteiger partial charge in [-0.2, -0.15) is 22.0 Å². The van der Waals surface area contributed by atoms with Gasteiger partial charge in [-0.1, -0.05) is 56.9 Å². The van der Waals surface area contributed by atoms with Gasteiger partial charge in [-0.25, -0.2) is 4.39 Å². The first-order chi connectivity index (χ1) is 13.6. The van der Waals surface area contributed by atoms with E-state index in [9.17, 15) is 26.3 Å². The van der Waals surface area contributed by atoms with Crippen LogP contribution in [0.5, 0.6) is 5.75 Å². The highest BCUT2D eigenvalue weighted by Gasteiger charge is 2.59. The van der Waals surface area contributed by atoms with Crippen LogP contribution in [0.1, 0.15) is 63.9 Å². The van der Waals surface area contributed by atoms with Crippen LogP contribution < -0.4 is 4.74 Å². The molecule has 1 aromatic carbocycles. The van der Waals surface area contributed by atoms with Gasteiger partial charge in [0.2, 0.25) is 0 Å². The van der Waals surface area contributed by atoms with Crippen LogP contribution in [-0.2, 0) is 0 Å². The number of halogens is 6. The number of alkyl halides is 6. The van der Waals surface area contributed by atoms with Crippen molar-refractivity contribution in [1.29, 1.82) is 0 Å². The van der Waals surface area contributed by atoms with E-state index in [1.807, 2.05) is 6.08 Å². The largest absolute Gasteiger partial charge is 0.439 e. The normalized spacial score (nSPS) is 22.0. The van der Waals surface area contributed by atoms with Gasteiger partial charge in [-0.15, -0.1) is 0 Å². The first-order valence-electron chi connectivity index (χ1n) is 10.2. The van der Waals surface area contributed by atoms with Crippen LogP contribution in [0.2, 0.25) is 0 Å². The molecule has 1 nitrogen and oxygen atoms in total. The van der Waals surface area contributed by atoms with Crippen molar-refractivity contribution in [2.45, 2.75) is 76.7 Å². The van der Waals surface area contributed by atoms with Crippen LogP contribution in [-0.4, -0.2) is 18.5 Å². The number of unbranched alkanes of at least 4 members (excludes halogenated alkanes) is 2. The molecule has 0 saturated heterocycles. The number of rotatable bonds is 9. The average Bonchev–Trinajstić information content (AvgIpc) is 2.67. The second-order valence-corrected chi connectivity index (χ2v) is 7.77. The number of hydrogen-bond acceptors (Lipinski definition) is 1. The van der Waals surface area contributed by atoms with E-state index in [0.717, 1.165) is 36.5 Å². The summed E-state index contributed by atoms with van der Waals surface area (Å²) < 4.78 is 79.8. The molecule has 1 aliphatic carbocycles. The Labute approximate surface area is 168 Å². The van der Waals surface area contributed by atoms with Gasteiger partial charge in [0.25, 0.3) is 6.17 Å². The van der Waals surface area contributed by atoms with Crippen LogP contribution in [0.3, 0.4) is 0 Å². The Hall–Kier alpha value is -1.66. The van der Waals surface area contributed by atoms with Crippen molar-refractivity contribution in [2.75, 3.05) is 0 Å². The van der Waals surface area contributed by atoms with E-state index in [2.05, 4.69) is 17.7 Å². The topological polar surface area (TPSA) is 9.23 Å². The van der Waals surface area contributed by atoms with Crippen molar-refractivity contribution < 1.29 is 31.1 Å². The van der Waals surface area contributed by atoms with Gasteiger partial charge in [-0.3, -0.25) is 0 Å². The van der Waals surface area contributed by atoms with E-state index in [1.165, 1.54) is 50.7 Å². The number of hydrogen-bond donors (Lipinski definition) is 0. The molecule has 29 heavy (non-hydrogen) atoms. The van der Waals surface area contributed by atoms with Gasteiger partial charge in [0.15, 0.2) is 0 Å². The first-order valence-corrected chi connectivity index (χ1v) is 10.2. The molecule has 7 heteroatoms. The highest BCUT2D eigenvalue weighted by Crippen LogP contribution is 2.37. The molecule has 0 N–H and O–H groups in total. The fourth-order valence-electron chi connectivity index (χ4n) is 3.65. The Kier molecular flexibility index (Phi) is 8.46. The van der Waals surface area contributed by atoms with Gasteiger partial charge in [0.1, 0.15) is 5.75 Å². The molecule has 1 saturated carbocycles. The Morgan fingerprint density at radius 1 is 1.00 bits per heavy atom. The molecule has 1 atom stereocenters. The highest BCUT2D eigenvalue weighted by molar-refractivity contribution is 5.50. The fourth-order valence-corrected chi connectivity index (χ4v) is 3.65. The highest BCUT2D eigenvalue weighted by atomic mass is 19.4. The zero-order valence-corrected chi connectivity index (χ0v) is 16.5. The molecule has 0 aliphatic heterocycles. The van der Waals surface area contributed by atoms with Gasteiger partial charge >= 0.3 is 12.3 Å². The summed E-state index contributed by atoms with van der Waals surface area (Å²) in [6.45, 7) is 2.20. The second-order valence-electron chi connectivity index (χ2n) is 7.77. The van der Waals surface area contributed by atoms with Gasteiger partial charge in [-0.05, 0) is 55.2 Å². The lowest BCUT2D eigenvalue weighted by Crippen LogP contribution is -2.45. The minimum Gasteiger partial charge on any atom is -0.430 e. The molecule has 0 radical (unpaired) electrons. The summed E-state index contributed by atoms with van der Waals surface area (Å²) in [6, 6.07) is 5.14. The van der Waals surface area contributed by atoms with Crippen LogP contribution in [0.15, 0.2) is 30.3 Å². The maximum absolute atomic E-state index is 13.3. The lowest BCUT2D eigenvalue weighted by Gasteiger charge is -2.26. The molecule has 0 spiro atoms. The SMILES string of the molecule is CCCCCC1CCC(/C=C/c2ccc(OC(F)(F)C(F)C(F)(F)F)cc2)CC1. The Morgan fingerprint density at radius 3 is 2.17 bits per heavy atom. The molecule has 164 valence electrons. The van der Waals surface area contributed by atoms with E-state index in [4.69, 9.17) is 0 Å². The lowest BCUT2D eigenvalue weighted by atomic mass is 9.79. The number of benzene rings is 1. The van der Waals surface area contributed by atoms with Crippen molar-refractivity contribution in [3.05, 3.63) is 35.9 Å². The molecule has 1 aliphatic rings. The summed E-state index contributed by atoms with van der Waals surface area (Å²) >= 11 is 0. The zero-order chi connectivity index (χ0) is 21.5. The third-order valence-corrected chi connectivity index (χ3v) is 5.38. The first kappa shape index (κ1) is 23.6. The van der Waals surface area contributed by atoms with E-state index in [-0.39, 0.29) is 0 Å². The Morgan fingerprint density at radius 2 is 1.62 bits per heavy atom. The molecular formula is C22H28F6O. The molecule has 1 aromatic rings. The fraction of sp³-hybridized carbons (Fsp3) is 0.636. The summed E-state index contributed by atoms with van der Waals surface area (Å²) in [6.07, 6.45) is -1.32. The van der Waals surface area contributed by atoms with Crippen LogP contribution in [0, 0.1) is 11.8 Å². The van der Waals surface area contributed by atoms with E-state index in [1.54, 1.807) is 0 Å². The van der Waals surface area contributed by atoms with Crippen LogP contribution >= 0.6 is 0 Å². The molecule has 0 bridgehead atoms. The molecule has 0 aromatic heterocycles. The lowest BCUT2D eigenvalue weighted by molar-refractivity contribution is -0.304. The smallest absolute Gasteiger partial charge is 0.430 e. The summed E-state index contributed by atoms with van der Waals surface area (Å²) in [5, 5.41) is 0. The number of allylic oxidation sites excluding steroid dienone is 1. The van der Waals surface area contributed by atoms with Gasteiger partial charge in [0.05, 0.1) is 0 Å². The summed E-state index contributed by atoms with van der Waals surface area (Å²) in [5.41, 5.74) is 0.721. The minimum absolute atomic E-state index is 0.469. The maximum Gasteiger partial charge on any atom is 0.439 e. The second kappa shape index (κ2) is 10.4. The average molecular weight is 422 g/mol. The Balaban J connectivity index is 1.83. The summed E-state index contributed by atoms with van der Waals surface area (Å²) in [5.74, 6) is 0.753. The predicted octanol–water partition coefficient (Wildman–Crippen LogP) is 7.96. The molecule has 1 unspecified atom stereocenters. The predicted molar refractivity (Wildman–Crippen MR) is 102 cm³/mol. The van der Waals surface area contributed by atoms with Crippen molar-refractivity contribution in [3.63, 3.8) is 0 Å². The van der Waals surface area contributed by atoms with Crippen LogP contribution in [0.25, 0.3) is 6.08 Å². The van der Waals surface area contributed by atoms with Crippen molar-refractivity contribution in [3.8, 4) is 5.75 Å². The molecule has 0 heterocycles. The minimum atomic E-state index is -5.69. The maximum atomic E-state index is 13.3. The van der Waals surface area contributed by atoms with Crippen LogP contribution in [0.4, 0.5) is 26.3 Å². The molecule has 0 amide bonds. The third kappa shape index (κ3) is 7.59. The third-order valence-electron chi connectivity index (χ3n) is 5.38. The molecule has 2 rings (SSSR count). The number of ether oxygens (including phenoxy) is 1. The van der Waals surface area contributed by atoms with Crippen molar-refractivity contribution >= 4 is 6.08 Å². The monoisotopic (exact) mass is 422 g/mol. The van der Waals surface area contributed by atoms with E-state index < -0.39 is 24.2 Å². The van der Waals surface area contributed by atoms with Gasteiger partial charge < -0.3 is 4.74 Å². The van der Waals surface area contributed by atoms with E-state index >= 15 is 0 Å². The molecule has 1 fully saturated rings.